The summed E-state index contributed by atoms with van der Waals surface area (Å²) in [5.41, 5.74) is -0.428. The maximum absolute atomic E-state index is 12.2. The standard InChI is InChI=1S/C18H36N4O2/c1-6-7-11-20-16(19-5)21-12-10-15-9-8-13-22(14-15)17(23)24-18(2,3)4/h15H,6-14H2,1-5H3,(H2,19,20,21). The van der Waals surface area contributed by atoms with Crippen molar-refractivity contribution in [1.29, 1.82) is 0 Å². The van der Waals surface area contributed by atoms with Gasteiger partial charge < -0.3 is 20.3 Å². The third-order valence-corrected chi connectivity index (χ3v) is 4.06. The zero-order chi connectivity index (χ0) is 18.0. The Morgan fingerprint density at radius 1 is 1.29 bits per heavy atom. The van der Waals surface area contributed by atoms with Crippen LogP contribution in [0, 0.1) is 5.92 Å². The number of nitrogens with one attached hydrogen (secondary N) is 2. The number of aliphatic imine (C=N–C) groups is 1. The summed E-state index contributed by atoms with van der Waals surface area (Å²) in [6, 6.07) is 0. The number of unbranched alkanes of at least 4 members (excludes halogenated alkanes) is 1. The summed E-state index contributed by atoms with van der Waals surface area (Å²) in [7, 11) is 1.80. The van der Waals surface area contributed by atoms with E-state index >= 15 is 0 Å². The van der Waals surface area contributed by atoms with Crippen molar-refractivity contribution in [1.82, 2.24) is 15.5 Å². The van der Waals surface area contributed by atoms with E-state index in [1.54, 1.807) is 7.05 Å². The van der Waals surface area contributed by atoms with Crippen LogP contribution < -0.4 is 10.6 Å². The van der Waals surface area contributed by atoms with Crippen LogP contribution in [0.5, 0.6) is 0 Å². The number of rotatable bonds is 6. The first-order valence-corrected chi connectivity index (χ1v) is 9.28. The van der Waals surface area contributed by atoms with Crippen molar-refractivity contribution in [3.63, 3.8) is 0 Å². The van der Waals surface area contributed by atoms with E-state index in [4.69, 9.17) is 4.74 Å². The van der Waals surface area contributed by atoms with Crippen molar-refractivity contribution in [2.45, 2.75) is 65.4 Å². The molecule has 140 valence electrons. The Hall–Kier alpha value is -1.46. The molecule has 0 aromatic rings. The summed E-state index contributed by atoms with van der Waals surface area (Å²) in [4.78, 5) is 18.3. The van der Waals surface area contributed by atoms with Crippen LogP contribution in [-0.4, -0.2) is 55.8 Å². The fraction of sp³-hybridized carbons (Fsp3) is 0.889. The highest BCUT2D eigenvalue weighted by Crippen LogP contribution is 2.21. The van der Waals surface area contributed by atoms with Gasteiger partial charge in [0, 0.05) is 33.2 Å². The number of hydrogen-bond donors (Lipinski definition) is 2. The highest BCUT2D eigenvalue weighted by molar-refractivity contribution is 5.79. The molecule has 0 aromatic heterocycles. The predicted molar refractivity (Wildman–Crippen MR) is 99.4 cm³/mol. The van der Waals surface area contributed by atoms with Gasteiger partial charge in [-0.05, 0) is 52.4 Å². The third kappa shape index (κ3) is 8.41. The molecule has 1 unspecified atom stereocenters. The number of carbonyl (C=O) groups is 1. The number of ether oxygens (including phenoxy) is 1. The van der Waals surface area contributed by atoms with Crippen LogP contribution in [0.3, 0.4) is 0 Å². The van der Waals surface area contributed by atoms with E-state index < -0.39 is 5.60 Å². The van der Waals surface area contributed by atoms with Crippen LogP contribution >= 0.6 is 0 Å². The molecule has 0 radical (unpaired) electrons. The molecule has 1 aliphatic heterocycles. The zero-order valence-electron chi connectivity index (χ0n) is 16.2. The maximum Gasteiger partial charge on any atom is 0.410 e. The van der Waals surface area contributed by atoms with Gasteiger partial charge in [0.25, 0.3) is 0 Å². The fourth-order valence-corrected chi connectivity index (χ4v) is 2.79. The number of nitrogens with zero attached hydrogens (tertiary/aromatic N) is 2. The smallest absolute Gasteiger partial charge is 0.410 e. The average Bonchev–Trinajstić information content (AvgIpc) is 2.52. The minimum atomic E-state index is -0.428. The Morgan fingerprint density at radius 2 is 2.00 bits per heavy atom. The zero-order valence-corrected chi connectivity index (χ0v) is 16.2. The lowest BCUT2D eigenvalue weighted by atomic mass is 9.95. The number of guanidine groups is 1. The Balaban J connectivity index is 2.31. The summed E-state index contributed by atoms with van der Waals surface area (Å²) in [6.45, 7) is 11.3. The van der Waals surface area contributed by atoms with Gasteiger partial charge in [-0.25, -0.2) is 4.79 Å². The molecular weight excluding hydrogens is 304 g/mol. The monoisotopic (exact) mass is 340 g/mol. The van der Waals surface area contributed by atoms with Crippen molar-refractivity contribution >= 4 is 12.1 Å². The van der Waals surface area contributed by atoms with Crippen LogP contribution in [0.15, 0.2) is 4.99 Å². The number of hydrogen-bond acceptors (Lipinski definition) is 3. The second-order valence-corrected chi connectivity index (χ2v) is 7.50. The SMILES string of the molecule is CCCCNC(=NC)NCCC1CCCN(C(=O)OC(C)(C)C)C1. The molecule has 6 nitrogen and oxygen atoms in total. The summed E-state index contributed by atoms with van der Waals surface area (Å²) in [5, 5.41) is 6.68. The first-order chi connectivity index (χ1) is 11.4. The number of carbonyl (C=O) groups excluding carboxylic acids is 1. The average molecular weight is 341 g/mol. The Kier molecular flexibility index (Phi) is 8.93. The molecule has 2 N–H and O–H groups in total. The molecular formula is C18H36N4O2. The molecule has 6 heteroatoms. The van der Waals surface area contributed by atoms with E-state index in [0.717, 1.165) is 51.4 Å². The summed E-state index contributed by atoms with van der Waals surface area (Å²) < 4.78 is 5.48. The van der Waals surface area contributed by atoms with Gasteiger partial charge in [-0.1, -0.05) is 13.3 Å². The highest BCUT2D eigenvalue weighted by Gasteiger charge is 2.27. The van der Waals surface area contributed by atoms with Gasteiger partial charge in [0.1, 0.15) is 5.60 Å². The molecule has 1 aliphatic rings. The van der Waals surface area contributed by atoms with Crippen molar-refractivity contribution < 1.29 is 9.53 Å². The lowest BCUT2D eigenvalue weighted by molar-refractivity contribution is 0.0162. The van der Waals surface area contributed by atoms with Gasteiger partial charge in [0.2, 0.25) is 0 Å². The van der Waals surface area contributed by atoms with Crippen molar-refractivity contribution in [2.24, 2.45) is 10.9 Å². The van der Waals surface area contributed by atoms with Crippen LogP contribution in [0.2, 0.25) is 0 Å². The lowest BCUT2D eigenvalue weighted by Gasteiger charge is -2.34. The summed E-state index contributed by atoms with van der Waals surface area (Å²) >= 11 is 0. The van der Waals surface area contributed by atoms with E-state index in [9.17, 15) is 4.79 Å². The van der Waals surface area contributed by atoms with Gasteiger partial charge in [-0.3, -0.25) is 4.99 Å². The Bertz CT molecular complexity index is 404. The molecule has 0 aliphatic carbocycles. The number of piperidine rings is 1. The number of amides is 1. The quantitative estimate of drug-likeness (QED) is 0.443. The van der Waals surface area contributed by atoms with E-state index in [0.29, 0.717) is 5.92 Å². The van der Waals surface area contributed by atoms with Gasteiger partial charge in [0.05, 0.1) is 0 Å². The molecule has 1 saturated heterocycles. The molecule has 0 saturated carbocycles. The topological polar surface area (TPSA) is 66.0 Å². The molecule has 0 aromatic carbocycles. The molecule has 1 atom stereocenters. The highest BCUT2D eigenvalue weighted by atomic mass is 16.6. The van der Waals surface area contributed by atoms with E-state index in [1.165, 1.54) is 12.8 Å². The third-order valence-electron chi connectivity index (χ3n) is 4.06. The second-order valence-electron chi connectivity index (χ2n) is 7.50. The van der Waals surface area contributed by atoms with Crippen molar-refractivity contribution in [3.05, 3.63) is 0 Å². The summed E-state index contributed by atoms with van der Waals surface area (Å²) in [5.74, 6) is 1.38. The van der Waals surface area contributed by atoms with Gasteiger partial charge in [-0.2, -0.15) is 0 Å². The van der Waals surface area contributed by atoms with Crippen molar-refractivity contribution in [3.8, 4) is 0 Å². The summed E-state index contributed by atoms with van der Waals surface area (Å²) in [6.07, 6.45) is 5.39. The minimum absolute atomic E-state index is 0.183. The first-order valence-electron chi connectivity index (χ1n) is 9.28. The van der Waals surface area contributed by atoms with Gasteiger partial charge in [-0.15, -0.1) is 0 Å². The van der Waals surface area contributed by atoms with Gasteiger partial charge in [0.15, 0.2) is 5.96 Å². The van der Waals surface area contributed by atoms with E-state index in [2.05, 4.69) is 22.5 Å². The second kappa shape index (κ2) is 10.4. The van der Waals surface area contributed by atoms with Crippen LogP contribution in [-0.2, 0) is 4.74 Å². The molecule has 24 heavy (non-hydrogen) atoms. The van der Waals surface area contributed by atoms with E-state index in [1.807, 2.05) is 25.7 Å². The molecule has 1 rings (SSSR count). The largest absolute Gasteiger partial charge is 0.444 e. The van der Waals surface area contributed by atoms with Crippen LogP contribution in [0.1, 0.15) is 59.8 Å². The predicted octanol–water partition coefficient (Wildman–Crippen LogP) is 2.99. The van der Waals surface area contributed by atoms with Crippen molar-refractivity contribution in [2.75, 3.05) is 33.2 Å². The maximum atomic E-state index is 12.2. The fourth-order valence-electron chi connectivity index (χ4n) is 2.79. The number of likely N-dealkylation sites (tertiary alicyclic amines) is 1. The normalized spacial score (nSPS) is 19.1. The minimum Gasteiger partial charge on any atom is -0.444 e. The van der Waals surface area contributed by atoms with Crippen LogP contribution in [0.25, 0.3) is 0 Å². The molecule has 0 bridgehead atoms. The molecule has 0 spiro atoms. The van der Waals surface area contributed by atoms with Crippen LogP contribution in [0.4, 0.5) is 4.79 Å². The molecule has 1 fully saturated rings. The Morgan fingerprint density at radius 3 is 2.62 bits per heavy atom. The molecule has 1 amide bonds. The lowest BCUT2D eigenvalue weighted by Crippen LogP contribution is -2.44. The first kappa shape index (κ1) is 20.6. The van der Waals surface area contributed by atoms with E-state index in [-0.39, 0.29) is 6.09 Å². The Labute approximate surface area is 147 Å². The molecule has 1 heterocycles. The van der Waals surface area contributed by atoms with Gasteiger partial charge >= 0.3 is 6.09 Å².